The van der Waals surface area contributed by atoms with Crippen molar-refractivity contribution in [2.24, 2.45) is 0 Å². The molecule has 1 aliphatic rings. The number of amides is 1. The highest BCUT2D eigenvalue weighted by Gasteiger charge is 2.23. The van der Waals surface area contributed by atoms with E-state index in [4.69, 9.17) is 0 Å². The molecule has 3 nitrogen and oxygen atoms in total. The highest BCUT2D eigenvalue weighted by molar-refractivity contribution is 6.07. The van der Waals surface area contributed by atoms with Gasteiger partial charge in [-0.15, -0.1) is 12.4 Å². The summed E-state index contributed by atoms with van der Waals surface area (Å²) in [5, 5.41) is 3.27. The van der Waals surface area contributed by atoms with Crippen LogP contribution in [-0.4, -0.2) is 12.5 Å². The molecule has 0 saturated carbocycles. The van der Waals surface area contributed by atoms with Gasteiger partial charge in [0, 0.05) is 6.54 Å². The molecule has 0 spiro atoms. The summed E-state index contributed by atoms with van der Waals surface area (Å²) in [6.45, 7) is 0.944. The minimum absolute atomic E-state index is 0. The van der Waals surface area contributed by atoms with Crippen LogP contribution in [0.25, 0.3) is 12.2 Å². The fraction of sp³-hybridized carbons (Fsp3) is 0.0870. The number of hydrogen-bond acceptors (Lipinski definition) is 2. The minimum Gasteiger partial charge on any atom is -0.304 e. The first-order chi connectivity index (χ1) is 12.8. The van der Waals surface area contributed by atoms with Crippen molar-refractivity contribution in [3.63, 3.8) is 0 Å². The minimum atomic E-state index is 0. The van der Waals surface area contributed by atoms with Crippen molar-refractivity contribution >= 4 is 41.8 Å². The smallest absolute Gasteiger partial charge is 0.245 e. The van der Waals surface area contributed by atoms with Gasteiger partial charge in [-0.05, 0) is 28.8 Å². The molecule has 0 saturated heterocycles. The molecule has 1 amide bonds. The second-order valence-corrected chi connectivity index (χ2v) is 6.27. The Morgan fingerprint density at radius 3 is 1.85 bits per heavy atom. The molecule has 0 aliphatic carbocycles. The third kappa shape index (κ3) is 4.11. The van der Waals surface area contributed by atoms with Crippen LogP contribution in [0.1, 0.15) is 16.7 Å². The SMILES string of the molecule is Cl.O=C(CNCc1ccccc1)N1c2ccccc2C=Cc2ccccc21. The third-order valence-electron chi connectivity index (χ3n) is 4.50. The number of benzene rings is 3. The molecule has 1 aliphatic heterocycles. The highest BCUT2D eigenvalue weighted by atomic mass is 35.5. The molecule has 0 fully saturated rings. The Kier molecular flexibility index (Phi) is 6.07. The molecule has 1 N–H and O–H groups in total. The molecule has 0 bridgehead atoms. The lowest BCUT2D eigenvalue weighted by Gasteiger charge is -2.25. The lowest BCUT2D eigenvalue weighted by atomic mass is 10.1. The monoisotopic (exact) mass is 376 g/mol. The molecule has 27 heavy (non-hydrogen) atoms. The summed E-state index contributed by atoms with van der Waals surface area (Å²) in [6.07, 6.45) is 4.14. The first-order valence-corrected chi connectivity index (χ1v) is 8.77. The van der Waals surface area contributed by atoms with Crippen molar-refractivity contribution in [1.82, 2.24) is 5.32 Å². The van der Waals surface area contributed by atoms with Crippen molar-refractivity contribution in [2.45, 2.75) is 6.54 Å². The van der Waals surface area contributed by atoms with Gasteiger partial charge < -0.3 is 5.32 Å². The lowest BCUT2D eigenvalue weighted by molar-refractivity contribution is -0.117. The van der Waals surface area contributed by atoms with E-state index in [1.807, 2.05) is 71.6 Å². The normalized spacial score (nSPS) is 11.8. The number of carbonyl (C=O) groups excluding carboxylic acids is 1. The molecular weight excluding hydrogens is 356 g/mol. The third-order valence-corrected chi connectivity index (χ3v) is 4.50. The number of nitrogens with one attached hydrogen (secondary N) is 1. The lowest BCUT2D eigenvalue weighted by Crippen LogP contribution is -2.35. The zero-order valence-corrected chi connectivity index (χ0v) is 15.7. The molecular formula is C23H21ClN2O. The number of anilines is 2. The van der Waals surface area contributed by atoms with Gasteiger partial charge in [0.2, 0.25) is 5.91 Å². The largest absolute Gasteiger partial charge is 0.304 e. The van der Waals surface area contributed by atoms with Crippen molar-refractivity contribution in [1.29, 1.82) is 0 Å². The summed E-state index contributed by atoms with van der Waals surface area (Å²) in [6, 6.07) is 26.1. The molecule has 0 radical (unpaired) electrons. The predicted molar refractivity (Wildman–Crippen MR) is 114 cm³/mol. The van der Waals surface area contributed by atoms with E-state index in [0.717, 1.165) is 22.5 Å². The number of nitrogens with zero attached hydrogens (tertiary/aromatic N) is 1. The van der Waals surface area contributed by atoms with E-state index in [9.17, 15) is 4.79 Å². The van der Waals surface area contributed by atoms with E-state index in [1.165, 1.54) is 5.56 Å². The maximum absolute atomic E-state index is 13.1. The molecule has 136 valence electrons. The van der Waals surface area contributed by atoms with Gasteiger partial charge in [-0.25, -0.2) is 0 Å². The highest BCUT2D eigenvalue weighted by Crippen LogP contribution is 2.36. The summed E-state index contributed by atoms with van der Waals surface area (Å²) < 4.78 is 0. The number of fused-ring (bicyclic) bond motifs is 2. The number of hydrogen-bond donors (Lipinski definition) is 1. The van der Waals surface area contributed by atoms with Gasteiger partial charge in [-0.3, -0.25) is 9.69 Å². The summed E-state index contributed by atoms with van der Waals surface area (Å²) >= 11 is 0. The fourth-order valence-electron chi connectivity index (χ4n) is 3.23. The summed E-state index contributed by atoms with van der Waals surface area (Å²) in [4.78, 5) is 14.9. The van der Waals surface area contributed by atoms with E-state index in [2.05, 4.69) is 29.6 Å². The first-order valence-electron chi connectivity index (χ1n) is 8.77. The van der Waals surface area contributed by atoms with Gasteiger partial charge in [0.1, 0.15) is 0 Å². The van der Waals surface area contributed by atoms with Gasteiger partial charge in [0.25, 0.3) is 0 Å². The van der Waals surface area contributed by atoms with Crippen LogP contribution in [0, 0.1) is 0 Å². The van der Waals surface area contributed by atoms with E-state index in [1.54, 1.807) is 0 Å². The van der Waals surface area contributed by atoms with Crippen LogP contribution in [0.3, 0.4) is 0 Å². The second kappa shape index (κ2) is 8.67. The van der Waals surface area contributed by atoms with E-state index >= 15 is 0 Å². The second-order valence-electron chi connectivity index (χ2n) is 6.27. The standard InChI is InChI=1S/C23H20N2O.ClH/c26-23(17-24-16-18-8-2-1-3-9-18)25-21-12-6-4-10-19(21)14-15-20-11-5-7-13-22(20)25;/h1-15,24H,16-17H2;1H. The van der Waals surface area contributed by atoms with Crippen LogP contribution in [0.2, 0.25) is 0 Å². The average molecular weight is 377 g/mol. The Morgan fingerprint density at radius 2 is 1.26 bits per heavy atom. The maximum Gasteiger partial charge on any atom is 0.245 e. The van der Waals surface area contributed by atoms with E-state index < -0.39 is 0 Å². The molecule has 4 rings (SSSR count). The quantitative estimate of drug-likeness (QED) is 0.691. The molecule has 1 heterocycles. The Bertz CT molecular complexity index is 904. The molecule has 3 aromatic rings. The van der Waals surface area contributed by atoms with Crippen LogP contribution < -0.4 is 10.2 Å². The number of carbonyl (C=O) groups is 1. The van der Waals surface area contributed by atoms with Gasteiger partial charge in [-0.2, -0.15) is 0 Å². The molecule has 0 unspecified atom stereocenters. The van der Waals surface area contributed by atoms with E-state index in [-0.39, 0.29) is 24.9 Å². The molecule has 3 aromatic carbocycles. The van der Waals surface area contributed by atoms with Gasteiger partial charge in [-0.1, -0.05) is 78.9 Å². The average Bonchev–Trinajstić information content (AvgIpc) is 2.85. The van der Waals surface area contributed by atoms with Crippen LogP contribution in [0.4, 0.5) is 11.4 Å². The van der Waals surface area contributed by atoms with Gasteiger partial charge in [0.15, 0.2) is 0 Å². The molecule has 0 atom stereocenters. The summed E-state index contributed by atoms with van der Waals surface area (Å²) in [7, 11) is 0. The topological polar surface area (TPSA) is 32.3 Å². The van der Waals surface area contributed by atoms with Gasteiger partial charge in [0.05, 0.1) is 17.9 Å². The van der Waals surface area contributed by atoms with Crippen molar-refractivity contribution in [2.75, 3.05) is 11.4 Å². The van der Waals surface area contributed by atoms with E-state index in [0.29, 0.717) is 6.54 Å². The number of rotatable bonds is 4. The van der Waals surface area contributed by atoms with Crippen LogP contribution in [-0.2, 0) is 11.3 Å². The number of halogens is 1. The zero-order valence-electron chi connectivity index (χ0n) is 14.8. The Labute approximate surface area is 165 Å². The molecule has 4 heteroatoms. The van der Waals surface area contributed by atoms with Crippen LogP contribution in [0.15, 0.2) is 78.9 Å². The zero-order chi connectivity index (χ0) is 17.8. The van der Waals surface area contributed by atoms with Crippen LogP contribution >= 0.6 is 12.4 Å². The Balaban J connectivity index is 0.00000210. The summed E-state index contributed by atoms with van der Waals surface area (Å²) in [5.74, 6) is 0.0320. The predicted octanol–water partition coefficient (Wildman–Crippen LogP) is 5.05. The van der Waals surface area contributed by atoms with Crippen molar-refractivity contribution in [3.05, 3.63) is 95.6 Å². The van der Waals surface area contributed by atoms with Crippen LogP contribution in [0.5, 0.6) is 0 Å². The van der Waals surface area contributed by atoms with Crippen molar-refractivity contribution < 1.29 is 4.79 Å². The number of para-hydroxylation sites is 2. The molecule has 0 aromatic heterocycles. The fourth-order valence-corrected chi connectivity index (χ4v) is 3.23. The Hall–Kier alpha value is -2.88. The maximum atomic E-state index is 13.1. The van der Waals surface area contributed by atoms with Crippen molar-refractivity contribution in [3.8, 4) is 0 Å². The first kappa shape index (κ1) is 18.9. The van der Waals surface area contributed by atoms with Gasteiger partial charge >= 0.3 is 0 Å². The summed E-state index contributed by atoms with van der Waals surface area (Å²) in [5.41, 5.74) is 5.08. The Morgan fingerprint density at radius 1 is 0.741 bits per heavy atom.